The summed E-state index contributed by atoms with van der Waals surface area (Å²) < 4.78 is 16.9. The van der Waals surface area contributed by atoms with Crippen LogP contribution in [-0.2, 0) is 9.59 Å². The highest BCUT2D eigenvalue weighted by Crippen LogP contribution is 2.41. The Morgan fingerprint density at radius 1 is 1.34 bits per heavy atom. The third-order valence-electron chi connectivity index (χ3n) is 4.99. The highest BCUT2D eigenvalue weighted by Gasteiger charge is 2.25. The zero-order valence-corrected chi connectivity index (χ0v) is 18.3. The monoisotopic (exact) mass is 456 g/mol. The summed E-state index contributed by atoms with van der Waals surface area (Å²) in [5.74, 6) is -0.519. The van der Waals surface area contributed by atoms with Gasteiger partial charge in [-0.1, -0.05) is 30.9 Å². The molecular weight excluding hydrogens is 435 g/mol. The fourth-order valence-corrected chi connectivity index (χ4v) is 3.80. The van der Waals surface area contributed by atoms with Crippen molar-refractivity contribution < 1.29 is 14.0 Å². The number of fused-ring (bicyclic) bond motifs is 2. The third kappa shape index (κ3) is 4.29. The van der Waals surface area contributed by atoms with Crippen molar-refractivity contribution in [3.63, 3.8) is 0 Å². The van der Waals surface area contributed by atoms with E-state index in [0.29, 0.717) is 39.8 Å². The Hall–Kier alpha value is -3.46. The number of hydrogen-bond acceptors (Lipinski definition) is 4. The van der Waals surface area contributed by atoms with E-state index in [2.05, 4.69) is 25.9 Å². The zero-order chi connectivity index (χ0) is 22.8. The van der Waals surface area contributed by atoms with E-state index in [-0.39, 0.29) is 16.5 Å². The molecule has 0 radical (unpaired) electrons. The molecule has 5 rings (SSSR count). The van der Waals surface area contributed by atoms with Crippen LogP contribution in [0.1, 0.15) is 44.7 Å². The minimum atomic E-state index is -0.628. The number of aromatic amines is 1. The van der Waals surface area contributed by atoms with Crippen molar-refractivity contribution in [3.05, 3.63) is 47.0 Å². The van der Waals surface area contributed by atoms with Gasteiger partial charge < -0.3 is 10.6 Å². The van der Waals surface area contributed by atoms with Gasteiger partial charge in [-0.05, 0) is 24.6 Å². The second kappa shape index (κ2) is 8.96. The molecule has 32 heavy (non-hydrogen) atoms. The van der Waals surface area contributed by atoms with E-state index in [1.807, 2.05) is 0 Å². The SMILES string of the molecule is C1CC1.CC(=O)NC(C)c1c(F)c(Cl)c(-c2ccn3nc(NC=O)cc3c2)c2cn[nH]c12. The maximum absolute atomic E-state index is 15.3. The highest BCUT2D eigenvalue weighted by molar-refractivity contribution is 6.35. The molecule has 1 saturated carbocycles. The molecule has 3 aromatic heterocycles. The molecule has 0 saturated heterocycles. The van der Waals surface area contributed by atoms with Crippen LogP contribution < -0.4 is 10.6 Å². The van der Waals surface area contributed by atoms with Crippen LogP contribution in [0.4, 0.5) is 10.2 Å². The van der Waals surface area contributed by atoms with E-state index in [4.69, 9.17) is 11.6 Å². The minimum Gasteiger partial charge on any atom is -0.350 e. The standard InChI is InChI=1S/C19H16ClFN6O2.C3H6/c1-9(24-10(2)29)15-18(21)17(20)16(13-7-23-25-19(13)15)11-3-4-27-12(5-11)6-14(26-27)22-8-28;1-2-3-1/h3-9H,1-2H3,(H,23,25)(H,24,29)(H,22,26,28);1-3H2. The second-order valence-electron chi connectivity index (χ2n) is 7.63. The topological polar surface area (TPSA) is 104 Å². The van der Waals surface area contributed by atoms with Crippen LogP contribution in [0.15, 0.2) is 30.6 Å². The average molecular weight is 457 g/mol. The maximum atomic E-state index is 15.3. The molecule has 2 amide bonds. The number of carbonyl (C=O) groups excluding carboxylic acids is 2. The summed E-state index contributed by atoms with van der Waals surface area (Å²) in [6.45, 7) is 3.04. The van der Waals surface area contributed by atoms with Crippen molar-refractivity contribution in [1.29, 1.82) is 0 Å². The first-order chi connectivity index (χ1) is 15.4. The number of amides is 2. The summed E-state index contributed by atoms with van der Waals surface area (Å²) in [5, 5.41) is 16.8. The van der Waals surface area contributed by atoms with Crippen LogP contribution in [0.3, 0.4) is 0 Å². The maximum Gasteiger partial charge on any atom is 0.217 e. The Balaban J connectivity index is 0.000000754. The van der Waals surface area contributed by atoms with Crippen molar-refractivity contribution in [2.24, 2.45) is 0 Å². The molecule has 10 heteroatoms. The molecule has 1 atom stereocenters. The lowest BCUT2D eigenvalue weighted by Crippen LogP contribution is -2.24. The van der Waals surface area contributed by atoms with Gasteiger partial charge in [-0.3, -0.25) is 14.7 Å². The first-order valence-electron chi connectivity index (χ1n) is 10.2. The van der Waals surface area contributed by atoms with Crippen LogP contribution in [0.5, 0.6) is 0 Å². The number of benzene rings is 1. The molecule has 166 valence electrons. The predicted molar refractivity (Wildman–Crippen MR) is 121 cm³/mol. The molecule has 3 heterocycles. The number of aromatic nitrogens is 4. The van der Waals surface area contributed by atoms with Crippen LogP contribution in [0.2, 0.25) is 5.02 Å². The number of H-pyrrole nitrogens is 1. The molecule has 4 aromatic rings. The lowest BCUT2D eigenvalue weighted by Gasteiger charge is -2.18. The molecule has 1 aliphatic rings. The van der Waals surface area contributed by atoms with Gasteiger partial charge in [0.1, 0.15) is 5.82 Å². The summed E-state index contributed by atoms with van der Waals surface area (Å²) in [7, 11) is 0. The summed E-state index contributed by atoms with van der Waals surface area (Å²) in [4.78, 5) is 22.1. The molecule has 0 aliphatic heterocycles. The van der Waals surface area contributed by atoms with Crippen molar-refractivity contribution in [2.75, 3.05) is 5.32 Å². The fourth-order valence-electron chi connectivity index (χ4n) is 3.48. The van der Waals surface area contributed by atoms with Crippen molar-refractivity contribution in [1.82, 2.24) is 25.1 Å². The van der Waals surface area contributed by atoms with Gasteiger partial charge in [0.25, 0.3) is 0 Å². The van der Waals surface area contributed by atoms with Gasteiger partial charge in [-0.25, -0.2) is 8.91 Å². The van der Waals surface area contributed by atoms with Gasteiger partial charge in [-0.15, -0.1) is 0 Å². The minimum absolute atomic E-state index is 0.0683. The molecule has 8 nitrogen and oxygen atoms in total. The molecule has 0 spiro atoms. The van der Waals surface area contributed by atoms with Crippen LogP contribution in [0, 0.1) is 5.82 Å². The van der Waals surface area contributed by atoms with Gasteiger partial charge >= 0.3 is 0 Å². The average Bonchev–Trinajstić information content (AvgIpc) is 3.46. The van der Waals surface area contributed by atoms with E-state index >= 15 is 4.39 Å². The summed E-state index contributed by atoms with van der Waals surface area (Å²) in [5.41, 5.74) is 2.52. The van der Waals surface area contributed by atoms with E-state index in [0.717, 1.165) is 0 Å². The Bertz CT molecular complexity index is 1310. The number of halogens is 2. The largest absolute Gasteiger partial charge is 0.350 e. The summed E-state index contributed by atoms with van der Waals surface area (Å²) in [6.07, 6.45) is 8.30. The number of rotatable bonds is 5. The predicted octanol–water partition coefficient (Wildman–Crippen LogP) is 4.61. The molecule has 1 aromatic carbocycles. The Kier molecular flexibility index (Phi) is 6.09. The molecule has 1 aliphatic carbocycles. The Labute approximate surface area is 188 Å². The molecular formula is C22H22ClFN6O2. The lowest BCUT2D eigenvalue weighted by atomic mass is 9.96. The van der Waals surface area contributed by atoms with Gasteiger partial charge in [0, 0.05) is 35.7 Å². The third-order valence-corrected chi connectivity index (χ3v) is 5.35. The van der Waals surface area contributed by atoms with E-state index in [1.54, 1.807) is 42.0 Å². The van der Waals surface area contributed by atoms with Gasteiger partial charge in [0.15, 0.2) is 5.82 Å². The second-order valence-corrected chi connectivity index (χ2v) is 8.01. The van der Waals surface area contributed by atoms with Crippen molar-refractivity contribution in [3.8, 4) is 11.1 Å². The fraction of sp³-hybridized carbons (Fsp3) is 0.273. The van der Waals surface area contributed by atoms with Crippen molar-refractivity contribution in [2.45, 2.75) is 39.2 Å². The van der Waals surface area contributed by atoms with Crippen LogP contribution in [-0.4, -0.2) is 32.1 Å². The Morgan fingerprint density at radius 2 is 2.09 bits per heavy atom. The van der Waals surface area contributed by atoms with E-state index < -0.39 is 11.9 Å². The molecule has 1 unspecified atom stereocenters. The van der Waals surface area contributed by atoms with E-state index in [1.165, 1.54) is 26.2 Å². The number of anilines is 1. The van der Waals surface area contributed by atoms with Gasteiger partial charge in [0.05, 0.1) is 28.3 Å². The molecule has 1 fully saturated rings. The number of carbonyl (C=O) groups is 2. The van der Waals surface area contributed by atoms with Gasteiger partial charge in [0.2, 0.25) is 12.3 Å². The zero-order valence-electron chi connectivity index (χ0n) is 17.6. The normalized spacial score (nSPS) is 13.4. The highest BCUT2D eigenvalue weighted by atomic mass is 35.5. The first kappa shape index (κ1) is 21.8. The number of pyridine rings is 1. The van der Waals surface area contributed by atoms with Gasteiger partial charge in [-0.2, -0.15) is 10.2 Å². The van der Waals surface area contributed by atoms with Crippen molar-refractivity contribution >= 4 is 46.2 Å². The lowest BCUT2D eigenvalue weighted by molar-refractivity contribution is -0.119. The Morgan fingerprint density at radius 3 is 2.75 bits per heavy atom. The first-order valence-corrected chi connectivity index (χ1v) is 10.6. The smallest absolute Gasteiger partial charge is 0.217 e. The number of nitrogens with one attached hydrogen (secondary N) is 3. The number of nitrogens with zero attached hydrogens (tertiary/aromatic N) is 3. The van der Waals surface area contributed by atoms with E-state index in [9.17, 15) is 9.59 Å². The number of hydrogen-bond donors (Lipinski definition) is 3. The summed E-state index contributed by atoms with van der Waals surface area (Å²) in [6, 6.07) is 4.61. The molecule has 0 bridgehead atoms. The van der Waals surface area contributed by atoms with Crippen LogP contribution in [0.25, 0.3) is 27.5 Å². The molecule has 3 N–H and O–H groups in total. The quantitative estimate of drug-likeness (QED) is 0.381. The summed E-state index contributed by atoms with van der Waals surface area (Å²) >= 11 is 6.45. The van der Waals surface area contributed by atoms with Crippen LogP contribution >= 0.6 is 11.6 Å².